The van der Waals surface area contributed by atoms with Crippen molar-refractivity contribution in [3.63, 3.8) is 0 Å². The first-order chi connectivity index (χ1) is 7.65. The Labute approximate surface area is 97.2 Å². The fourth-order valence-electron chi connectivity index (χ4n) is 2.82. The van der Waals surface area contributed by atoms with Crippen LogP contribution in [0.15, 0.2) is 0 Å². The standard InChI is InChI=1S/C12H22N4/c1-8(2)16-11(7-13)14-15-12(16)10-6-4-5-9(10)3/h8-10H,4-7,13H2,1-3H3. The third-order valence-corrected chi connectivity index (χ3v) is 3.68. The summed E-state index contributed by atoms with van der Waals surface area (Å²) in [7, 11) is 0. The van der Waals surface area contributed by atoms with Gasteiger partial charge in [-0.05, 0) is 32.6 Å². The van der Waals surface area contributed by atoms with Crippen molar-refractivity contribution in [2.75, 3.05) is 0 Å². The van der Waals surface area contributed by atoms with Crippen LogP contribution in [0.25, 0.3) is 0 Å². The van der Waals surface area contributed by atoms with Crippen LogP contribution < -0.4 is 5.73 Å². The summed E-state index contributed by atoms with van der Waals surface area (Å²) in [4.78, 5) is 0. The van der Waals surface area contributed by atoms with Crippen molar-refractivity contribution in [2.24, 2.45) is 11.7 Å². The van der Waals surface area contributed by atoms with Gasteiger partial charge in [0.05, 0.1) is 6.54 Å². The fraction of sp³-hybridized carbons (Fsp3) is 0.833. The second-order valence-electron chi connectivity index (χ2n) is 5.16. The monoisotopic (exact) mass is 222 g/mol. The molecule has 2 unspecified atom stereocenters. The van der Waals surface area contributed by atoms with E-state index in [0.717, 1.165) is 17.6 Å². The molecule has 4 nitrogen and oxygen atoms in total. The first kappa shape index (κ1) is 11.6. The van der Waals surface area contributed by atoms with Crippen LogP contribution in [0.5, 0.6) is 0 Å². The normalized spacial score (nSPS) is 25.6. The van der Waals surface area contributed by atoms with Crippen molar-refractivity contribution in [3.05, 3.63) is 11.6 Å². The van der Waals surface area contributed by atoms with Gasteiger partial charge in [-0.2, -0.15) is 0 Å². The van der Waals surface area contributed by atoms with Gasteiger partial charge in [-0.3, -0.25) is 0 Å². The zero-order chi connectivity index (χ0) is 11.7. The van der Waals surface area contributed by atoms with E-state index < -0.39 is 0 Å². The molecule has 1 aromatic heterocycles. The Bertz CT molecular complexity index is 356. The van der Waals surface area contributed by atoms with Crippen molar-refractivity contribution in [2.45, 2.75) is 58.5 Å². The lowest BCUT2D eigenvalue weighted by Gasteiger charge is -2.19. The number of hydrogen-bond donors (Lipinski definition) is 1. The van der Waals surface area contributed by atoms with Gasteiger partial charge >= 0.3 is 0 Å². The van der Waals surface area contributed by atoms with Crippen LogP contribution >= 0.6 is 0 Å². The van der Waals surface area contributed by atoms with E-state index in [4.69, 9.17) is 5.73 Å². The van der Waals surface area contributed by atoms with Crippen LogP contribution in [0.3, 0.4) is 0 Å². The van der Waals surface area contributed by atoms with E-state index >= 15 is 0 Å². The maximum absolute atomic E-state index is 5.71. The number of aromatic nitrogens is 3. The molecule has 0 amide bonds. The van der Waals surface area contributed by atoms with Crippen LogP contribution in [-0.2, 0) is 6.54 Å². The van der Waals surface area contributed by atoms with Crippen molar-refractivity contribution in [1.82, 2.24) is 14.8 Å². The van der Waals surface area contributed by atoms with Gasteiger partial charge in [0.25, 0.3) is 0 Å². The molecule has 0 spiro atoms. The van der Waals surface area contributed by atoms with Crippen LogP contribution in [0.4, 0.5) is 0 Å². The Morgan fingerprint density at radius 2 is 2.12 bits per heavy atom. The highest BCUT2D eigenvalue weighted by Crippen LogP contribution is 2.39. The minimum atomic E-state index is 0.399. The Balaban J connectivity index is 2.36. The molecule has 0 saturated heterocycles. The summed E-state index contributed by atoms with van der Waals surface area (Å²) in [5.74, 6) is 3.38. The van der Waals surface area contributed by atoms with E-state index in [9.17, 15) is 0 Å². The second-order valence-corrected chi connectivity index (χ2v) is 5.16. The van der Waals surface area contributed by atoms with Gasteiger partial charge < -0.3 is 10.3 Å². The van der Waals surface area contributed by atoms with Crippen molar-refractivity contribution in [1.29, 1.82) is 0 Å². The average Bonchev–Trinajstić information content (AvgIpc) is 2.82. The fourth-order valence-corrected chi connectivity index (χ4v) is 2.82. The van der Waals surface area contributed by atoms with E-state index in [1.165, 1.54) is 19.3 Å². The predicted octanol–water partition coefficient (Wildman–Crippen LogP) is 2.22. The molecule has 1 saturated carbocycles. The molecule has 1 heterocycles. The molecule has 0 bridgehead atoms. The lowest BCUT2D eigenvalue weighted by molar-refractivity contribution is 0.456. The van der Waals surface area contributed by atoms with Crippen LogP contribution in [-0.4, -0.2) is 14.8 Å². The summed E-state index contributed by atoms with van der Waals surface area (Å²) < 4.78 is 2.23. The van der Waals surface area contributed by atoms with Gasteiger partial charge in [-0.25, -0.2) is 0 Å². The maximum Gasteiger partial charge on any atom is 0.147 e. The quantitative estimate of drug-likeness (QED) is 0.853. The molecule has 16 heavy (non-hydrogen) atoms. The molecule has 0 aliphatic heterocycles. The van der Waals surface area contributed by atoms with E-state index in [1.807, 2.05) is 0 Å². The molecular weight excluding hydrogens is 200 g/mol. The van der Waals surface area contributed by atoms with Gasteiger partial charge in [0.2, 0.25) is 0 Å². The highest BCUT2D eigenvalue weighted by Gasteiger charge is 2.30. The largest absolute Gasteiger partial charge is 0.324 e. The highest BCUT2D eigenvalue weighted by atomic mass is 15.3. The van der Waals surface area contributed by atoms with Crippen LogP contribution in [0, 0.1) is 5.92 Å². The topological polar surface area (TPSA) is 56.7 Å². The summed E-state index contributed by atoms with van der Waals surface area (Å²) in [6, 6.07) is 0.399. The lowest BCUT2D eigenvalue weighted by Crippen LogP contribution is -2.16. The molecule has 1 aromatic rings. The first-order valence-corrected chi connectivity index (χ1v) is 6.28. The Hall–Kier alpha value is -0.900. The summed E-state index contributed by atoms with van der Waals surface area (Å²) in [6.07, 6.45) is 3.87. The molecule has 4 heteroatoms. The minimum absolute atomic E-state index is 0.399. The molecule has 0 aromatic carbocycles. The molecular formula is C12H22N4. The molecule has 2 rings (SSSR count). The van der Waals surface area contributed by atoms with E-state index in [-0.39, 0.29) is 0 Å². The average molecular weight is 222 g/mol. The smallest absolute Gasteiger partial charge is 0.147 e. The van der Waals surface area contributed by atoms with Gasteiger partial charge in [0.15, 0.2) is 0 Å². The third-order valence-electron chi connectivity index (χ3n) is 3.68. The predicted molar refractivity (Wildman–Crippen MR) is 64.1 cm³/mol. The van der Waals surface area contributed by atoms with Crippen LogP contribution in [0.1, 0.15) is 63.6 Å². The SMILES string of the molecule is CC1CCCC1c1nnc(CN)n1C(C)C. The van der Waals surface area contributed by atoms with E-state index in [0.29, 0.717) is 18.5 Å². The number of rotatable bonds is 3. The zero-order valence-electron chi connectivity index (χ0n) is 10.5. The molecule has 1 fully saturated rings. The van der Waals surface area contributed by atoms with Crippen molar-refractivity contribution >= 4 is 0 Å². The minimum Gasteiger partial charge on any atom is -0.324 e. The molecule has 2 atom stereocenters. The van der Waals surface area contributed by atoms with Crippen molar-refractivity contribution < 1.29 is 0 Å². The molecule has 1 aliphatic rings. The van der Waals surface area contributed by atoms with Gasteiger partial charge in [0, 0.05) is 12.0 Å². The molecule has 1 aliphatic carbocycles. The van der Waals surface area contributed by atoms with Gasteiger partial charge in [-0.1, -0.05) is 13.3 Å². The van der Waals surface area contributed by atoms with E-state index in [2.05, 4.69) is 35.5 Å². The zero-order valence-corrected chi connectivity index (χ0v) is 10.5. The summed E-state index contributed by atoms with van der Waals surface area (Å²) in [5.41, 5.74) is 5.71. The highest BCUT2D eigenvalue weighted by molar-refractivity contribution is 5.07. The first-order valence-electron chi connectivity index (χ1n) is 6.28. The lowest BCUT2D eigenvalue weighted by atomic mass is 9.97. The Kier molecular flexibility index (Phi) is 3.28. The summed E-state index contributed by atoms with van der Waals surface area (Å²) in [6.45, 7) is 7.14. The van der Waals surface area contributed by atoms with Gasteiger partial charge in [0.1, 0.15) is 11.6 Å². The number of hydrogen-bond acceptors (Lipinski definition) is 3. The number of nitrogens with two attached hydrogens (primary N) is 1. The van der Waals surface area contributed by atoms with Crippen molar-refractivity contribution in [3.8, 4) is 0 Å². The van der Waals surface area contributed by atoms with Crippen LogP contribution in [0.2, 0.25) is 0 Å². The molecule has 2 N–H and O–H groups in total. The number of nitrogens with zero attached hydrogens (tertiary/aromatic N) is 3. The van der Waals surface area contributed by atoms with Gasteiger partial charge in [-0.15, -0.1) is 10.2 Å². The molecule has 90 valence electrons. The molecule has 0 radical (unpaired) electrons. The van der Waals surface area contributed by atoms with E-state index in [1.54, 1.807) is 0 Å². The Morgan fingerprint density at radius 1 is 1.38 bits per heavy atom. The Morgan fingerprint density at radius 3 is 2.62 bits per heavy atom. The summed E-state index contributed by atoms with van der Waals surface area (Å²) >= 11 is 0. The summed E-state index contributed by atoms with van der Waals surface area (Å²) in [5, 5.41) is 8.60. The maximum atomic E-state index is 5.71. The second kappa shape index (κ2) is 4.53. The third kappa shape index (κ3) is 1.86.